The zero-order chi connectivity index (χ0) is 13.1. The van der Waals surface area contributed by atoms with Gasteiger partial charge in [-0.25, -0.2) is 9.37 Å². The van der Waals surface area contributed by atoms with Crippen LogP contribution in [0.2, 0.25) is 0 Å². The fourth-order valence-corrected chi connectivity index (χ4v) is 1.74. The largest absolute Gasteiger partial charge is 0.315 e. The molecule has 94 valence electrons. The van der Waals surface area contributed by atoms with E-state index in [4.69, 9.17) is 0 Å². The van der Waals surface area contributed by atoms with Gasteiger partial charge >= 0.3 is 0 Å². The first-order valence-electron chi connectivity index (χ1n) is 5.62. The highest BCUT2D eigenvalue weighted by Gasteiger charge is 2.08. The minimum atomic E-state index is -0.315. The Labute approximate surface area is 104 Å². The molecular formula is C13H14FN3O. The maximum Gasteiger partial charge on any atom is 0.255 e. The summed E-state index contributed by atoms with van der Waals surface area (Å²) in [6.07, 6.45) is 0. The molecule has 0 saturated carbocycles. The van der Waals surface area contributed by atoms with Crippen LogP contribution in [0.4, 0.5) is 4.39 Å². The van der Waals surface area contributed by atoms with Gasteiger partial charge < -0.3 is 10.3 Å². The summed E-state index contributed by atoms with van der Waals surface area (Å²) in [4.78, 5) is 18.9. The molecule has 0 unspecified atom stereocenters. The van der Waals surface area contributed by atoms with Gasteiger partial charge in [-0.1, -0.05) is 0 Å². The molecule has 0 saturated heterocycles. The Hall–Kier alpha value is -2.01. The summed E-state index contributed by atoms with van der Waals surface area (Å²) in [5.74, 6) is 0.141. The van der Waals surface area contributed by atoms with Crippen LogP contribution in [0.1, 0.15) is 11.3 Å². The van der Waals surface area contributed by atoms with Crippen molar-refractivity contribution in [2.24, 2.45) is 0 Å². The Bertz CT molecular complexity index is 605. The summed E-state index contributed by atoms with van der Waals surface area (Å²) in [7, 11) is 1.77. The van der Waals surface area contributed by atoms with Gasteiger partial charge in [0.2, 0.25) is 0 Å². The molecule has 0 aliphatic heterocycles. The van der Waals surface area contributed by atoms with Gasteiger partial charge in [-0.05, 0) is 38.2 Å². The molecule has 2 aromatic rings. The van der Waals surface area contributed by atoms with E-state index in [1.54, 1.807) is 26.1 Å². The number of aryl methyl sites for hydroxylation is 1. The highest BCUT2D eigenvalue weighted by Crippen LogP contribution is 2.14. The molecule has 0 radical (unpaired) electrons. The van der Waals surface area contributed by atoms with Gasteiger partial charge in [-0.15, -0.1) is 0 Å². The van der Waals surface area contributed by atoms with Crippen LogP contribution in [0.25, 0.3) is 11.4 Å². The van der Waals surface area contributed by atoms with Gasteiger partial charge in [0.15, 0.2) is 0 Å². The lowest BCUT2D eigenvalue weighted by Crippen LogP contribution is -2.21. The maximum atomic E-state index is 12.8. The third-order valence-corrected chi connectivity index (χ3v) is 2.69. The molecule has 0 spiro atoms. The van der Waals surface area contributed by atoms with E-state index in [0.29, 0.717) is 29.2 Å². The van der Waals surface area contributed by atoms with Crippen LogP contribution in [-0.2, 0) is 6.54 Å². The molecule has 0 bridgehead atoms. The van der Waals surface area contributed by atoms with E-state index in [-0.39, 0.29) is 11.4 Å². The van der Waals surface area contributed by atoms with Crippen molar-refractivity contribution in [1.82, 2.24) is 15.3 Å². The number of nitrogens with zero attached hydrogens (tertiary/aromatic N) is 1. The highest BCUT2D eigenvalue weighted by molar-refractivity contribution is 5.54. The first kappa shape index (κ1) is 12.4. The van der Waals surface area contributed by atoms with Crippen molar-refractivity contribution >= 4 is 0 Å². The average molecular weight is 247 g/mol. The Morgan fingerprint density at radius 3 is 2.56 bits per heavy atom. The van der Waals surface area contributed by atoms with E-state index in [1.165, 1.54) is 12.1 Å². The van der Waals surface area contributed by atoms with E-state index in [9.17, 15) is 9.18 Å². The van der Waals surface area contributed by atoms with Crippen molar-refractivity contribution in [2.45, 2.75) is 13.5 Å². The minimum Gasteiger partial charge on any atom is -0.315 e. The van der Waals surface area contributed by atoms with Gasteiger partial charge in [-0.2, -0.15) is 0 Å². The van der Waals surface area contributed by atoms with Crippen molar-refractivity contribution in [3.05, 3.63) is 51.7 Å². The lowest BCUT2D eigenvalue weighted by molar-refractivity contribution is 0.628. The highest BCUT2D eigenvalue weighted by atomic mass is 19.1. The van der Waals surface area contributed by atoms with E-state index < -0.39 is 0 Å². The molecule has 1 heterocycles. The topological polar surface area (TPSA) is 57.8 Å². The van der Waals surface area contributed by atoms with Crippen molar-refractivity contribution in [3.63, 3.8) is 0 Å². The zero-order valence-electron chi connectivity index (χ0n) is 10.2. The lowest BCUT2D eigenvalue weighted by atomic mass is 10.2. The summed E-state index contributed by atoms with van der Waals surface area (Å²) in [6, 6.07) is 5.86. The van der Waals surface area contributed by atoms with Crippen LogP contribution in [0.15, 0.2) is 29.1 Å². The zero-order valence-corrected chi connectivity index (χ0v) is 10.2. The Balaban J connectivity index is 2.48. The van der Waals surface area contributed by atoms with Crippen LogP contribution in [0.3, 0.4) is 0 Å². The van der Waals surface area contributed by atoms with E-state index >= 15 is 0 Å². The number of hydrogen-bond acceptors (Lipinski definition) is 3. The molecule has 0 atom stereocenters. The summed E-state index contributed by atoms with van der Waals surface area (Å²) in [5.41, 5.74) is 1.81. The molecule has 1 aromatic heterocycles. The maximum absolute atomic E-state index is 12.8. The van der Waals surface area contributed by atoms with E-state index in [2.05, 4.69) is 15.3 Å². The van der Waals surface area contributed by atoms with Crippen LogP contribution in [0, 0.1) is 12.7 Å². The molecule has 0 fully saturated rings. The molecule has 0 aliphatic rings. The third-order valence-electron chi connectivity index (χ3n) is 2.69. The number of nitrogens with one attached hydrogen (secondary N) is 2. The second-order valence-electron chi connectivity index (χ2n) is 4.02. The van der Waals surface area contributed by atoms with E-state index in [1.807, 2.05) is 0 Å². The number of rotatable bonds is 3. The second kappa shape index (κ2) is 5.10. The van der Waals surface area contributed by atoms with Crippen LogP contribution >= 0.6 is 0 Å². The van der Waals surface area contributed by atoms with Crippen molar-refractivity contribution < 1.29 is 4.39 Å². The fraction of sp³-hybridized carbons (Fsp3) is 0.231. The van der Waals surface area contributed by atoms with E-state index in [0.717, 1.165) is 0 Å². The standard InChI is InChI=1S/C13H14FN3O/c1-8-11(7-15-2)13(18)17-12(16-8)9-3-5-10(14)6-4-9/h3-6,15H,7H2,1-2H3,(H,16,17,18). The first-order valence-corrected chi connectivity index (χ1v) is 5.62. The SMILES string of the molecule is CNCc1c(C)nc(-c2ccc(F)cc2)[nH]c1=O. The molecule has 4 nitrogen and oxygen atoms in total. The number of halogens is 1. The van der Waals surface area contributed by atoms with Gasteiger partial charge in [-0.3, -0.25) is 4.79 Å². The number of aromatic nitrogens is 2. The number of hydrogen-bond donors (Lipinski definition) is 2. The monoisotopic (exact) mass is 247 g/mol. The quantitative estimate of drug-likeness (QED) is 0.866. The molecule has 18 heavy (non-hydrogen) atoms. The van der Waals surface area contributed by atoms with Crippen molar-refractivity contribution in [2.75, 3.05) is 7.05 Å². The normalized spacial score (nSPS) is 10.6. The second-order valence-corrected chi connectivity index (χ2v) is 4.02. The van der Waals surface area contributed by atoms with Crippen LogP contribution in [-0.4, -0.2) is 17.0 Å². The molecular weight excluding hydrogens is 233 g/mol. The van der Waals surface area contributed by atoms with Crippen molar-refractivity contribution in [3.8, 4) is 11.4 Å². The predicted molar refractivity (Wildman–Crippen MR) is 67.8 cm³/mol. The van der Waals surface area contributed by atoms with Crippen LogP contribution in [0.5, 0.6) is 0 Å². The molecule has 0 aliphatic carbocycles. The smallest absolute Gasteiger partial charge is 0.255 e. The molecule has 0 amide bonds. The Kier molecular flexibility index (Phi) is 3.53. The Morgan fingerprint density at radius 1 is 1.33 bits per heavy atom. The number of benzene rings is 1. The van der Waals surface area contributed by atoms with Gasteiger partial charge in [0.05, 0.1) is 5.56 Å². The molecule has 2 rings (SSSR count). The molecule has 1 aromatic carbocycles. The van der Waals surface area contributed by atoms with Crippen LogP contribution < -0.4 is 10.9 Å². The number of H-pyrrole nitrogens is 1. The summed E-state index contributed by atoms with van der Waals surface area (Å²) in [6.45, 7) is 2.26. The molecule has 2 N–H and O–H groups in total. The van der Waals surface area contributed by atoms with Gasteiger partial charge in [0.25, 0.3) is 5.56 Å². The summed E-state index contributed by atoms with van der Waals surface area (Å²) in [5, 5.41) is 2.92. The average Bonchev–Trinajstić information content (AvgIpc) is 2.34. The fourth-order valence-electron chi connectivity index (χ4n) is 1.74. The van der Waals surface area contributed by atoms with Crippen molar-refractivity contribution in [1.29, 1.82) is 0 Å². The summed E-state index contributed by atoms with van der Waals surface area (Å²) >= 11 is 0. The Morgan fingerprint density at radius 2 is 2.00 bits per heavy atom. The summed E-state index contributed by atoms with van der Waals surface area (Å²) < 4.78 is 12.8. The van der Waals surface area contributed by atoms with Gasteiger partial charge in [0, 0.05) is 17.8 Å². The number of aromatic amines is 1. The minimum absolute atomic E-state index is 0.170. The first-order chi connectivity index (χ1) is 8.61. The molecule has 5 heteroatoms. The third kappa shape index (κ3) is 2.46. The lowest BCUT2D eigenvalue weighted by Gasteiger charge is -2.06. The predicted octanol–water partition coefficient (Wildman–Crippen LogP) is 1.60. The van der Waals surface area contributed by atoms with Gasteiger partial charge in [0.1, 0.15) is 11.6 Å².